The number of aliphatic imine (C=N–C) groups is 1. The van der Waals surface area contributed by atoms with Crippen molar-refractivity contribution in [2.75, 3.05) is 30.5 Å². The van der Waals surface area contributed by atoms with Crippen LogP contribution in [0.15, 0.2) is 53.7 Å². The Balaban J connectivity index is 1.62. The highest BCUT2D eigenvalue weighted by Crippen LogP contribution is 2.38. The van der Waals surface area contributed by atoms with Crippen molar-refractivity contribution in [3.63, 3.8) is 0 Å². The molecule has 4 rings (SSSR count). The summed E-state index contributed by atoms with van der Waals surface area (Å²) in [6, 6.07) is 13.7. The average molecular weight is 440 g/mol. The first kappa shape index (κ1) is 20.6. The molecule has 0 spiro atoms. The Bertz CT molecular complexity index is 1190. The fraction of sp³-hybridized carbons (Fsp3) is 0.227. The number of anilines is 4. The van der Waals surface area contributed by atoms with Gasteiger partial charge in [-0.2, -0.15) is 4.98 Å². The summed E-state index contributed by atoms with van der Waals surface area (Å²) >= 11 is 6.33. The zero-order valence-electron chi connectivity index (χ0n) is 17.1. The second kappa shape index (κ2) is 8.21. The van der Waals surface area contributed by atoms with Gasteiger partial charge in [-0.25, -0.2) is 4.98 Å². The Labute approximate surface area is 181 Å². The van der Waals surface area contributed by atoms with Crippen LogP contribution in [-0.4, -0.2) is 35.6 Å². The zero-order valence-corrected chi connectivity index (χ0v) is 18.8. The summed E-state index contributed by atoms with van der Waals surface area (Å²) in [5, 5.41) is 7.59. The van der Waals surface area contributed by atoms with Crippen molar-refractivity contribution in [1.29, 1.82) is 0 Å². The maximum atomic E-state index is 12.6. The molecule has 154 valence electrons. The molecule has 0 amide bonds. The van der Waals surface area contributed by atoms with Crippen molar-refractivity contribution in [1.82, 2.24) is 9.97 Å². The number of benzene rings is 2. The topological polar surface area (TPSA) is 79.3 Å². The average Bonchev–Trinajstić information content (AvgIpc) is 2.71. The van der Waals surface area contributed by atoms with Crippen LogP contribution in [0.1, 0.15) is 18.1 Å². The lowest BCUT2D eigenvalue weighted by atomic mass is 9.98. The van der Waals surface area contributed by atoms with Crippen molar-refractivity contribution in [2.24, 2.45) is 4.99 Å². The maximum absolute atomic E-state index is 12.6. The fourth-order valence-corrected chi connectivity index (χ4v) is 4.75. The largest absolute Gasteiger partial charge is 0.338 e. The van der Waals surface area contributed by atoms with Gasteiger partial charge in [-0.3, -0.25) is 4.99 Å². The van der Waals surface area contributed by atoms with E-state index in [0.717, 1.165) is 40.9 Å². The molecule has 2 aromatic carbocycles. The third-order valence-corrected chi connectivity index (χ3v) is 6.79. The number of rotatable bonds is 5. The molecule has 3 aromatic rings. The van der Waals surface area contributed by atoms with Crippen LogP contribution in [0, 0.1) is 0 Å². The van der Waals surface area contributed by atoms with Gasteiger partial charge < -0.3 is 15.2 Å². The van der Waals surface area contributed by atoms with Gasteiger partial charge in [0, 0.05) is 28.8 Å². The van der Waals surface area contributed by atoms with Crippen molar-refractivity contribution in [3.8, 4) is 0 Å². The molecule has 0 saturated carbocycles. The first-order chi connectivity index (χ1) is 14.3. The Hall–Kier alpha value is -2.69. The van der Waals surface area contributed by atoms with Crippen molar-refractivity contribution < 1.29 is 4.57 Å². The van der Waals surface area contributed by atoms with Gasteiger partial charge in [0.2, 0.25) is 5.95 Å². The summed E-state index contributed by atoms with van der Waals surface area (Å²) < 4.78 is 12.6. The van der Waals surface area contributed by atoms with Crippen LogP contribution in [0.3, 0.4) is 0 Å². The minimum absolute atomic E-state index is 0.380. The van der Waals surface area contributed by atoms with E-state index in [1.807, 2.05) is 37.3 Å². The molecule has 0 aliphatic carbocycles. The van der Waals surface area contributed by atoms with Gasteiger partial charge >= 0.3 is 0 Å². The van der Waals surface area contributed by atoms with Crippen molar-refractivity contribution >= 4 is 52.9 Å². The second-order valence-electron chi connectivity index (χ2n) is 7.60. The smallest absolute Gasteiger partial charge is 0.229 e. The monoisotopic (exact) mass is 439 g/mol. The number of fused-ring (bicyclic) bond motifs is 1. The van der Waals surface area contributed by atoms with E-state index in [-0.39, 0.29) is 0 Å². The number of nitrogens with zero attached hydrogens (tertiary/aromatic N) is 3. The van der Waals surface area contributed by atoms with E-state index in [1.54, 1.807) is 19.5 Å². The molecule has 1 aliphatic heterocycles. The molecule has 6 nitrogen and oxygen atoms in total. The lowest BCUT2D eigenvalue weighted by Gasteiger charge is -2.17. The number of halogens is 1. The van der Waals surface area contributed by atoms with E-state index in [2.05, 4.69) is 37.7 Å². The fourth-order valence-electron chi connectivity index (χ4n) is 3.46. The molecule has 0 saturated heterocycles. The summed E-state index contributed by atoms with van der Waals surface area (Å²) in [5.74, 6) is 0.867. The number of hydrogen-bond acceptors (Lipinski definition) is 6. The van der Waals surface area contributed by atoms with E-state index >= 15 is 0 Å². The second-order valence-corrected chi connectivity index (χ2v) is 11.2. The lowest BCUT2D eigenvalue weighted by molar-refractivity contribution is 0.588. The molecule has 0 fully saturated rings. The predicted molar refractivity (Wildman–Crippen MR) is 126 cm³/mol. The third-order valence-electron chi connectivity index (χ3n) is 4.97. The number of para-hydroxylation sites is 1. The summed E-state index contributed by atoms with van der Waals surface area (Å²) in [6.45, 7) is 6.35. The third kappa shape index (κ3) is 4.40. The Morgan fingerprint density at radius 1 is 1.10 bits per heavy atom. The quantitative estimate of drug-likeness (QED) is 0.532. The predicted octanol–water partition coefficient (Wildman–Crippen LogP) is 5.23. The Morgan fingerprint density at radius 2 is 1.90 bits per heavy atom. The van der Waals surface area contributed by atoms with Gasteiger partial charge in [0.25, 0.3) is 0 Å². The molecule has 0 radical (unpaired) electrons. The molecule has 1 aromatic heterocycles. The standard InChI is InChI=1S/C22H23ClN5OP/c1-14-17-12-16(9-8-15(17)10-11-24-14)26-22-25-13-18(23)21(28-22)27-19-6-4-5-7-20(19)30(2,3)29/h4-9,12-13H,10-11H2,1-3H3,(H2,25,26,27,28). The first-order valence-electron chi connectivity index (χ1n) is 9.67. The first-order valence-corrected chi connectivity index (χ1v) is 12.6. The van der Waals surface area contributed by atoms with Gasteiger partial charge in [0.1, 0.15) is 12.2 Å². The van der Waals surface area contributed by atoms with Crippen LogP contribution in [0.5, 0.6) is 0 Å². The normalized spacial score (nSPS) is 13.4. The number of aromatic nitrogens is 2. The molecular formula is C22H23ClN5OP. The summed E-state index contributed by atoms with van der Waals surface area (Å²) in [4.78, 5) is 13.4. The molecule has 8 heteroatoms. The van der Waals surface area contributed by atoms with Crippen LogP contribution in [0.25, 0.3) is 0 Å². The molecule has 0 bridgehead atoms. The number of nitrogens with one attached hydrogen (secondary N) is 2. The van der Waals surface area contributed by atoms with E-state index in [4.69, 9.17) is 11.6 Å². The molecular weight excluding hydrogens is 417 g/mol. The van der Waals surface area contributed by atoms with Crippen molar-refractivity contribution in [3.05, 3.63) is 64.8 Å². The molecule has 2 N–H and O–H groups in total. The zero-order chi connectivity index (χ0) is 21.3. The maximum Gasteiger partial charge on any atom is 0.229 e. The molecule has 0 unspecified atom stereocenters. The number of hydrogen-bond donors (Lipinski definition) is 2. The van der Waals surface area contributed by atoms with E-state index < -0.39 is 7.14 Å². The van der Waals surface area contributed by atoms with Crippen molar-refractivity contribution in [2.45, 2.75) is 13.3 Å². The minimum atomic E-state index is -2.47. The van der Waals surface area contributed by atoms with Crippen LogP contribution in [0.4, 0.5) is 23.1 Å². The highest BCUT2D eigenvalue weighted by atomic mass is 35.5. The highest BCUT2D eigenvalue weighted by Gasteiger charge is 2.17. The van der Waals surface area contributed by atoms with E-state index in [0.29, 0.717) is 16.8 Å². The molecule has 30 heavy (non-hydrogen) atoms. The van der Waals surface area contributed by atoms with Gasteiger partial charge in [0.05, 0.1) is 11.9 Å². The van der Waals surface area contributed by atoms with Gasteiger partial charge in [-0.15, -0.1) is 0 Å². The van der Waals surface area contributed by atoms with Gasteiger partial charge in [-0.1, -0.05) is 29.8 Å². The van der Waals surface area contributed by atoms with Gasteiger partial charge in [-0.05, 0) is 56.5 Å². The summed E-state index contributed by atoms with van der Waals surface area (Å²) in [5.41, 5.74) is 5.09. The highest BCUT2D eigenvalue weighted by molar-refractivity contribution is 7.70. The Morgan fingerprint density at radius 3 is 2.70 bits per heavy atom. The van der Waals surface area contributed by atoms with Crippen LogP contribution in [0.2, 0.25) is 5.02 Å². The summed E-state index contributed by atoms with van der Waals surface area (Å²) in [6.07, 6.45) is 2.50. The van der Waals surface area contributed by atoms with Crippen LogP contribution in [-0.2, 0) is 11.0 Å². The van der Waals surface area contributed by atoms with Crippen LogP contribution >= 0.6 is 18.7 Å². The molecule has 2 heterocycles. The Kier molecular flexibility index (Phi) is 5.63. The SMILES string of the molecule is CC1=NCCc2ccc(Nc3ncc(Cl)c(Nc4ccccc4P(C)(C)=O)n3)cc21. The molecule has 1 aliphatic rings. The lowest BCUT2D eigenvalue weighted by Crippen LogP contribution is -2.11. The minimum Gasteiger partial charge on any atom is -0.338 e. The van der Waals surface area contributed by atoms with Crippen LogP contribution < -0.4 is 15.9 Å². The summed E-state index contributed by atoms with van der Waals surface area (Å²) in [7, 11) is -2.47. The van der Waals surface area contributed by atoms with Gasteiger partial charge in [0.15, 0.2) is 5.82 Å². The van der Waals surface area contributed by atoms with E-state index in [1.165, 1.54) is 5.56 Å². The van der Waals surface area contributed by atoms with E-state index in [9.17, 15) is 4.57 Å². The molecule has 0 atom stereocenters.